The SMILES string of the molecule is CCc1nc2c(N)nc3ccc(OCCN4CCOCC4)cc3c2n1CC(C)(C)O. The number of hydrogen-bond acceptors (Lipinski definition) is 7. The van der Waals surface area contributed by atoms with Crippen LogP contribution >= 0.6 is 0 Å². The predicted molar refractivity (Wildman–Crippen MR) is 118 cm³/mol. The fourth-order valence-electron chi connectivity index (χ4n) is 3.97. The highest BCUT2D eigenvalue weighted by Crippen LogP contribution is 2.32. The molecule has 1 aromatic carbocycles. The van der Waals surface area contributed by atoms with Crippen molar-refractivity contribution in [1.29, 1.82) is 0 Å². The molecule has 3 N–H and O–H groups in total. The van der Waals surface area contributed by atoms with Crippen LogP contribution in [0, 0.1) is 0 Å². The van der Waals surface area contributed by atoms with Gasteiger partial charge in [0, 0.05) is 31.4 Å². The average molecular weight is 414 g/mol. The first-order chi connectivity index (χ1) is 14.4. The molecule has 4 rings (SSSR count). The zero-order valence-corrected chi connectivity index (χ0v) is 18.0. The molecule has 162 valence electrons. The van der Waals surface area contributed by atoms with Gasteiger partial charge in [-0.1, -0.05) is 6.92 Å². The number of aryl methyl sites for hydroxylation is 1. The standard InChI is InChI=1S/C22H31N5O3/c1-4-18-25-19-20(27(18)14-22(2,3)28)16-13-15(5-6-17(16)24-21(19)23)30-12-9-26-7-10-29-11-8-26/h5-6,13,28H,4,7-12,14H2,1-3H3,(H2,23,24). The largest absolute Gasteiger partial charge is 0.492 e. The van der Waals surface area contributed by atoms with Crippen LogP contribution in [0.15, 0.2) is 18.2 Å². The lowest BCUT2D eigenvalue weighted by atomic mass is 10.1. The molecule has 0 amide bonds. The number of anilines is 1. The van der Waals surface area contributed by atoms with Crippen molar-refractivity contribution in [1.82, 2.24) is 19.4 Å². The summed E-state index contributed by atoms with van der Waals surface area (Å²) in [5.41, 5.74) is 7.71. The summed E-state index contributed by atoms with van der Waals surface area (Å²) in [6, 6.07) is 5.87. The number of aliphatic hydroxyl groups is 1. The van der Waals surface area contributed by atoms with E-state index >= 15 is 0 Å². The van der Waals surface area contributed by atoms with Crippen molar-refractivity contribution in [3.05, 3.63) is 24.0 Å². The molecule has 0 atom stereocenters. The third kappa shape index (κ3) is 4.35. The van der Waals surface area contributed by atoms with Gasteiger partial charge in [0.1, 0.15) is 23.7 Å². The topological polar surface area (TPSA) is 98.7 Å². The second kappa shape index (κ2) is 8.37. The molecule has 3 aromatic rings. The number of nitrogen functional groups attached to an aromatic ring is 1. The van der Waals surface area contributed by atoms with Crippen molar-refractivity contribution < 1.29 is 14.6 Å². The van der Waals surface area contributed by atoms with Crippen LogP contribution in [0.25, 0.3) is 21.9 Å². The molecule has 0 bridgehead atoms. The fourth-order valence-corrected chi connectivity index (χ4v) is 3.97. The molecule has 1 aliphatic rings. The first-order valence-corrected chi connectivity index (χ1v) is 10.6. The van der Waals surface area contributed by atoms with Gasteiger partial charge in [-0.15, -0.1) is 0 Å². The van der Waals surface area contributed by atoms with Crippen LogP contribution in [-0.4, -0.2) is 69.6 Å². The molecular weight excluding hydrogens is 382 g/mol. The highest BCUT2D eigenvalue weighted by Gasteiger charge is 2.22. The van der Waals surface area contributed by atoms with Gasteiger partial charge in [-0.05, 0) is 32.0 Å². The predicted octanol–water partition coefficient (Wildman–Crippen LogP) is 2.21. The number of aromatic nitrogens is 3. The molecule has 0 unspecified atom stereocenters. The monoisotopic (exact) mass is 413 g/mol. The van der Waals surface area contributed by atoms with Crippen LogP contribution in [0.3, 0.4) is 0 Å². The summed E-state index contributed by atoms with van der Waals surface area (Å²) < 4.78 is 13.5. The minimum Gasteiger partial charge on any atom is -0.492 e. The van der Waals surface area contributed by atoms with Crippen LogP contribution in [0.1, 0.15) is 26.6 Å². The van der Waals surface area contributed by atoms with Gasteiger partial charge in [0.05, 0.1) is 36.4 Å². The molecule has 0 spiro atoms. The molecule has 0 radical (unpaired) electrons. The Balaban J connectivity index is 1.69. The van der Waals surface area contributed by atoms with Gasteiger partial charge in [-0.25, -0.2) is 9.97 Å². The van der Waals surface area contributed by atoms with Crippen LogP contribution in [0.2, 0.25) is 0 Å². The summed E-state index contributed by atoms with van der Waals surface area (Å²) in [6.07, 6.45) is 0.738. The van der Waals surface area contributed by atoms with E-state index in [9.17, 15) is 5.11 Å². The molecule has 0 saturated carbocycles. The second-order valence-electron chi connectivity index (χ2n) is 8.46. The fraction of sp³-hybridized carbons (Fsp3) is 0.545. The van der Waals surface area contributed by atoms with Crippen molar-refractivity contribution in [2.24, 2.45) is 0 Å². The van der Waals surface area contributed by atoms with E-state index in [1.165, 1.54) is 0 Å². The van der Waals surface area contributed by atoms with Gasteiger partial charge >= 0.3 is 0 Å². The van der Waals surface area contributed by atoms with Gasteiger partial charge in [-0.2, -0.15) is 0 Å². The number of nitrogens with zero attached hydrogens (tertiary/aromatic N) is 4. The lowest BCUT2D eigenvalue weighted by Gasteiger charge is -2.26. The number of ether oxygens (including phenoxy) is 2. The molecule has 8 heteroatoms. The number of rotatable bonds is 7. The summed E-state index contributed by atoms with van der Waals surface area (Å²) in [7, 11) is 0. The maximum atomic E-state index is 10.5. The number of benzene rings is 1. The van der Waals surface area contributed by atoms with Crippen LogP contribution in [0.4, 0.5) is 5.82 Å². The first-order valence-electron chi connectivity index (χ1n) is 10.6. The summed E-state index contributed by atoms with van der Waals surface area (Å²) >= 11 is 0. The minimum atomic E-state index is -0.881. The molecule has 30 heavy (non-hydrogen) atoms. The Bertz CT molecular complexity index is 1030. The second-order valence-corrected chi connectivity index (χ2v) is 8.46. The van der Waals surface area contributed by atoms with Gasteiger partial charge in [0.25, 0.3) is 0 Å². The van der Waals surface area contributed by atoms with Crippen molar-refractivity contribution in [2.45, 2.75) is 39.3 Å². The van der Waals surface area contributed by atoms with Gasteiger partial charge in [0.2, 0.25) is 0 Å². The Hall–Kier alpha value is -2.42. The normalized spacial score (nSPS) is 15.9. The minimum absolute atomic E-state index is 0.405. The quantitative estimate of drug-likeness (QED) is 0.613. The molecule has 2 aromatic heterocycles. The number of fused-ring (bicyclic) bond motifs is 3. The first kappa shape index (κ1) is 20.8. The Labute approximate surface area is 176 Å². The molecule has 1 saturated heterocycles. The van der Waals surface area contributed by atoms with Gasteiger partial charge in [0.15, 0.2) is 5.82 Å². The third-order valence-corrected chi connectivity index (χ3v) is 5.39. The smallest absolute Gasteiger partial charge is 0.152 e. The Kier molecular flexibility index (Phi) is 5.81. The highest BCUT2D eigenvalue weighted by atomic mass is 16.5. The molecule has 1 fully saturated rings. The summed E-state index contributed by atoms with van der Waals surface area (Å²) in [5.74, 6) is 2.08. The summed E-state index contributed by atoms with van der Waals surface area (Å²) in [5, 5.41) is 11.4. The Morgan fingerprint density at radius 2 is 2.00 bits per heavy atom. The van der Waals surface area contributed by atoms with Crippen molar-refractivity contribution in [3.8, 4) is 5.75 Å². The number of nitrogens with two attached hydrogens (primary N) is 1. The number of pyridine rings is 1. The van der Waals surface area contributed by atoms with Crippen LogP contribution in [0.5, 0.6) is 5.75 Å². The van der Waals surface area contributed by atoms with E-state index in [1.54, 1.807) is 13.8 Å². The van der Waals surface area contributed by atoms with E-state index in [-0.39, 0.29) is 0 Å². The van der Waals surface area contributed by atoms with E-state index < -0.39 is 5.60 Å². The summed E-state index contributed by atoms with van der Waals surface area (Å²) in [4.78, 5) is 11.6. The number of hydrogen-bond donors (Lipinski definition) is 2. The number of imidazole rings is 1. The number of morpholine rings is 1. The molecule has 8 nitrogen and oxygen atoms in total. The van der Waals surface area contributed by atoms with Crippen molar-refractivity contribution >= 4 is 27.8 Å². The highest BCUT2D eigenvalue weighted by molar-refractivity contribution is 6.07. The zero-order chi connectivity index (χ0) is 21.3. The van der Waals surface area contributed by atoms with E-state index in [0.29, 0.717) is 24.5 Å². The van der Waals surface area contributed by atoms with Crippen LogP contribution < -0.4 is 10.5 Å². The Morgan fingerprint density at radius 3 is 2.70 bits per heavy atom. The molecule has 0 aliphatic carbocycles. The lowest BCUT2D eigenvalue weighted by Crippen LogP contribution is -2.38. The van der Waals surface area contributed by atoms with E-state index in [4.69, 9.17) is 20.2 Å². The van der Waals surface area contributed by atoms with E-state index in [1.807, 2.05) is 25.1 Å². The maximum absolute atomic E-state index is 10.5. The van der Waals surface area contributed by atoms with Gasteiger partial charge in [-0.3, -0.25) is 4.90 Å². The van der Waals surface area contributed by atoms with E-state index in [2.05, 4.69) is 14.5 Å². The van der Waals surface area contributed by atoms with Crippen molar-refractivity contribution in [3.63, 3.8) is 0 Å². The van der Waals surface area contributed by atoms with Crippen molar-refractivity contribution in [2.75, 3.05) is 45.2 Å². The van der Waals surface area contributed by atoms with Crippen LogP contribution in [-0.2, 0) is 17.7 Å². The average Bonchev–Trinajstić information content (AvgIpc) is 3.07. The Morgan fingerprint density at radius 1 is 1.23 bits per heavy atom. The molecule has 3 heterocycles. The molecular formula is C22H31N5O3. The zero-order valence-electron chi connectivity index (χ0n) is 18.0. The van der Waals surface area contributed by atoms with E-state index in [0.717, 1.165) is 67.3 Å². The third-order valence-electron chi connectivity index (χ3n) is 5.39. The lowest BCUT2D eigenvalue weighted by molar-refractivity contribution is 0.0322. The molecule has 1 aliphatic heterocycles. The van der Waals surface area contributed by atoms with Gasteiger partial charge < -0.3 is 24.9 Å². The maximum Gasteiger partial charge on any atom is 0.152 e. The summed E-state index contributed by atoms with van der Waals surface area (Å²) in [6.45, 7) is 11.0.